The van der Waals surface area contributed by atoms with Crippen LogP contribution in [0, 0.1) is 13.8 Å². The minimum Gasteiger partial charge on any atom is -0.496 e. The monoisotopic (exact) mass is 423 g/mol. The molecule has 0 saturated heterocycles. The number of rotatable bonds is 6. The van der Waals surface area contributed by atoms with E-state index in [2.05, 4.69) is 10.3 Å². The highest BCUT2D eigenvalue weighted by Crippen LogP contribution is 2.36. The summed E-state index contributed by atoms with van der Waals surface area (Å²) in [6, 6.07) is 6.45. The highest BCUT2D eigenvalue weighted by Gasteiger charge is 2.42. The van der Waals surface area contributed by atoms with Crippen molar-refractivity contribution in [3.63, 3.8) is 0 Å². The standard InChI is InChI=1S/C23H25N3O5/c1-5-30-16-8-6-15(7-9-16)20-19-18(12-31-22(19)27)26(23(28)25-20)11-17-14(3)21(29-4)13(2)10-24-17/h6-10,20H,5,11-12H2,1-4H3,(H,25,28)/t20-/m1/s1. The normalized spacial score (nSPS) is 17.9. The van der Waals surface area contributed by atoms with Crippen molar-refractivity contribution >= 4 is 12.0 Å². The Bertz CT molecular complexity index is 1060. The Hall–Kier alpha value is -3.55. The first-order chi connectivity index (χ1) is 14.9. The minimum atomic E-state index is -0.578. The second-order valence-corrected chi connectivity index (χ2v) is 7.45. The van der Waals surface area contributed by atoms with Gasteiger partial charge in [0.05, 0.1) is 43.3 Å². The lowest BCUT2D eigenvalue weighted by atomic mass is 9.95. The van der Waals surface area contributed by atoms with Crippen molar-refractivity contribution in [1.82, 2.24) is 15.2 Å². The number of aryl methyl sites for hydroxylation is 1. The molecule has 1 N–H and O–H groups in total. The molecule has 0 aliphatic carbocycles. The second kappa shape index (κ2) is 8.29. The van der Waals surface area contributed by atoms with Gasteiger partial charge in [0.1, 0.15) is 18.1 Å². The van der Waals surface area contributed by atoms with Crippen LogP contribution in [0.15, 0.2) is 41.7 Å². The van der Waals surface area contributed by atoms with Crippen LogP contribution in [-0.2, 0) is 16.1 Å². The molecule has 0 unspecified atom stereocenters. The van der Waals surface area contributed by atoms with Gasteiger partial charge in [0.15, 0.2) is 0 Å². The molecule has 0 radical (unpaired) electrons. The van der Waals surface area contributed by atoms with E-state index in [4.69, 9.17) is 14.2 Å². The largest absolute Gasteiger partial charge is 0.496 e. The van der Waals surface area contributed by atoms with Gasteiger partial charge in [-0.15, -0.1) is 0 Å². The summed E-state index contributed by atoms with van der Waals surface area (Å²) in [5.74, 6) is 1.04. The van der Waals surface area contributed by atoms with E-state index in [0.717, 1.165) is 28.2 Å². The van der Waals surface area contributed by atoms with E-state index in [1.807, 2.05) is 45.0 Å². The van der Waals surface area contributed by atoms with Gasteiger partial charge in [0.2, 0.25) is 0 Å². The molecule has 2 aliphatic heterocycles. The molecule has 31 heavy (non-hydrogen) atoms. The number of carbonyl (C=O) groups excluding carboxylic acids is 2. The highest BCUT2D eigenvalue weighted by atomic mass is 16.5. The summed E-state index contributed by atoms with van der Waals surface area (Å²) >= 11 is 0. The van der Waals surface area contributed by atoms with Crippen LogP contribution >= 0.6 is 0 Å². The Labute approximate surface area is 180 Å². The van der Waals surface area contributed by atoms with E-state index < -0.39 is 12.0 Å². The summed E-state index contributed by atoms with van der Waals surface area (Å²) < 4.78 is 16.3. The van der Waals surface area contributed by atoms with E-state index in [1.54, 1.807) is 13.3 Å². The van der Waals surface area contributed by atoms with Crippen LogP contribution in [0.25, 0.3) is 0 Å². The molecule has 0 bridgehead atoms. The number of nitrogens with one attached hydrogen (secondary N) is 1. The minimum absolute atomic E-state index is 0.0527. The fraction of sp³-hybridized carbons (Fsp3) is 0.348. The number of benzene rings is 1. The number of hydrogen-bond donors (Lipinski definition) is 1. The van der Waals surface area contributed by atoms with Gasteiger partial charge in [-0.2, -0.15) is 0 Å². The maximum absolute atomic E-state index is 13.1. The van der Waals surface area contributed by atoms with Gasteiger partial charge in [-0.3, -0.25) is 9.88 Å². The van der Waals surface area contributed by atoms with Crippen LogP contribution in [0.1, 0.15) is 35.3 Å². The van der Waals surface area contributed by atoms with Gasteiger partial charge in [-0.1, -0.05) is 12.1 Å². The number of esters is 1. The zero-order chi connectivity index (χ0) is 22.1. The topological polar surface area (TPSA) is 90.0 Å². The Morgan fingerprint density at radius 3 is 2.65 bits per heavy atom. The number of ether oxygens (including phenoxy) is 3. The quantitative estimate of drug-likeness (QED) is 0.718. The SMILES string of the molecule is CCOc1ccc([C@H]2NC(=O)N(Cc3ncc(C)c(OC)c3C)C3=C2C(=O)OC3)cc1. The third kappa shape index (κ3) is 3.69. The summed E-state index contributed by atoms with van der Waals surface area (Å²) in [6.07, 6.45) is 1.72. The molecule has 8 heteroatoms. The first-order valence-corrected chi connectivity index (χ1v) is 10.1. The van der Waals surface area contributed by atoms with Gasteiger partial charge in [-0.25, -0.2) is 9.59 Å². The predicted octanol–water partition coefficient (Wildman–Crippen LogP) is 3.18. The Morgan fingerprint density at radius 2 is 1.97 bits per heavy atom. The molecule has 162 valence electrons. The van der Waals surface area contributed by atoms with Crippen LogP contribution in [0.3, 0.4) is 0 Å². The maximum Gasteiger partial charge on any atom is 0.338 e. The van der Waals surface area contributed by atoms with Crippen molar-refractivity contribution in [2.24, 2.45) is 0 Å². The molecule has 8 nitrogen and oxygen atoms in total. The fourth-order valence-electron chi connectivity index (χ4n) is 4.03. The van der Waals surface area contributed by atoms with Crippen molar-refractivity contribution in [2.75, 3.05) is 20.3 Å². The number of amides is 2. The molecular weight excluding hydrogens is 398 g/mol. The third-order valence-corrected chi connectivity index (χ3v) is 5.58. The molecule has 1 aromatic carbocycles. The van der Waals surface area contributed by atoms with Crippen LogP contribution in [0.2, 0.25) is 0 Å². The fourth-order valence-corrected chi connectivity index (χ4v) is 4.03. The molecule has 2 aromatic rings. The Balaban J connectivity index is 1.69. The van der Waals surface area contributed by atoms with Crippen molar-refractivity contribution in [2.45, 2.75) is 33.4 Å². The molecule has 0 saturated carbocycles. The average molecular weight is 423 g/mol. The first-order valence-electron chi connectivity index (χ1n) is 10.1. The molecule has 4 rings (SSSR count). The Morgan fingerprint density at radius 1 is 1.23 bits per heavy atom. The number of cyclic esters (lactones) is 1. The van der Waals surface area contributed by atoms with Gasteiger partial charge in [0, 0.05) is 17.3 Å². The van der Waals surface area contributed by atoms with E-state index in [-0.39, 0.29) is 19.2 Å². The van der Waals surface area contributed by atoms with E-state index in [0.29, 0.717) is 23.6 Å². The molecule has 2 aliphatic rings. The molecule has 0 fully saturated rings. The van der Waals surface area contributed by atoms with Crippen molar-refractivity contribution < 1.29 is 23.8 Å². The van der Waals surface area contributed by atoms with Crippen molar-refractivity contribution in [1.29, 1.82) is 0 Å². The maximum atomic E-state index is 13.1. The van der Waals surface area contributed by atoms with E-state index >= 15 is 0 Å². The first kappa shape index (κ1) is 20.7. The predicted molar refractivity (Wildman–Crippen MR) is 113 cm³/mol. The summed E-state index contributed by atoms with van der Waals surface area (Å²) in [5, 5.41) is 2.94. The van der Waals surface area contributed by atoms with Gasteiger partial charge >= 0.3 is 12.0 Å². The van der Waals surface area contributed by atoms with Gasteiger partial charge in [0.25, 0.3) is 0 Å². The number of pyridine rings is 1. The number of carbonyl (C=O) groups is 2. The molecular formula is C23H25N3O5. The smallest absolute Gasteiger partial charge is 0.338 e. The van der Waals surface area contributed by atoms with Crippen molar-refractivity contribution in [3.8, 4) is 11.5 Å². The zero-order valence-corrected chi connectivity index (χ0v) is 18.0. The van der Waals surface area contributed by atoms with E-state index in [1.165, 1.54) is 4.90 Å². The average Bonchev–Trinajstić information content (AvgIpc) is 3.14. The van der Waals surface area contributed by atoms with Crippen LogP contribution in [-0.4, -0.2) is 42.2 Å². The lowest BCUT2D eigenvalue weighted by Crippen LogP contribution is -2.47. The summed E-state index contributed by atoms with van der Waals surface area (Å²) in [5.41, 5.74) is 4.27. The summed E-state index contributed by atoms with van der Waals surface area (Å²) in [7, 11) is 1.61. The van der Waals surface area contributed by atoms with Gasteiger partial charge in [-0.05, 0) is 38.5 Å². The second-order valence-electron chi connectivity index (χ2n) is 7.45. The lowest BCUT2D eigenvalue weighted by Gasteiger charge is -2.33. The number of aromatic nitrogens is 1. The lowest BCUT2D eigenvalue weighted by molar-refractivity contribution is -0.136. The van der Waals surface area contributed by atoms with Crippen LogP contribution < -0.4 is 14.8 Å². The van der Waals surface area contributed by atoms with Gasteiger partial charge < -0.3 is 19.5 Å². The van der Waals surface area contributed by atoms with E-state index in [9.17, 15) is 9.59 Å². The third-order valence-electron chi connectivity index (χ3n) is 5.58. The zero-order valence-electron chi connectivity index (χ0n) is 18.0. The molecule has 1 atom stereocenters. The molecule has 0 spiro atoms. The van der Waals surface area contributed by atoms with Crippen molar-refractivity contribution in [3.05, 3.63) is 64.1 Å². The number of hydrogen-bond acceptors (Lipinski definition) is 6. The Kier molecular flexibility index (Phi) is 5.54. The number of nitrogens with zero attached hydrogens (tertiary/aromatic N) is 2. The molecule has 3 heterocycles. The van der Waals surface area contributed by atoms with Crippen LogP contribution in [0.4, 0.5) is 4.79 Å². The molecule has 2 amide bonds. The highest BCUT2D eigenvalue weighted by molar-refractivity contribution is 5.97. The number of methoxy groups -OCH3 is 1. The molecule has 1 aromatic heterocycles. The summed E-state index contributed by atoms with van der Waals surface area (Å²) in [6.45, 7) is 6.56. The summed E-state index contributed by atoms with van der Waals surface area (Å²) in [4.78, 5) is 31.6. The number of urea groups is 1. The van der Waals surface area contributed by atoms with Crippen LogP contribution in [0.5, 0.6) is 11.5 Å².